The number of anilines is 1. The molecule has 1 rings (SSSR count). The highest BCUT2D eigenvalue weighted by Crippen LogP contribution is 2.09. The average Bonchev–Trinajstić information content (AvgIpc) is 2.47. The molecule has 0 aliphatic rings. The van der Waals surface area contributed by atoms with Gasteiger partial charge in [-0.05, 0) is 37.5 Å². The van der Waals surface area contributed by atoms with E-state index in [4.69, 9.17) is 5.73 Å². The molecule has 0 saturated carbocycles. The molecule has 21 heavy (non-hydrogen) atoms. The molecule has 0 bridgehead atoms. The third-order valence-electron chi connectivity index (χ3n) is 3.28. The van der Waals surface area contributed by atoms with E-state index >= 15 is 0 Å². The number of guanidine groups is 1. The minimum absolute atomic E-state index is 0.00759. The number of aryl methyl sites for hydroxylation is 1. The van der Waals surface area contributed by atoms with Gasteiger partial charge in [0.05, 0.1) is 6.54 Å². The van der Waals surface area contributed by atoms with Crippen molar-refractivity contribution >= 4 is 17.6 Å². The highest BCUT2D eigenvalue weighted by molar-refractivity contribution is 5.92. The van der Waals surface area contributed by atoms with E-state index in [2.05, 4.69) is 34.7 Å². The maximum absolute atomic E-state index is 11.6. The van der Waals surface area contributed by atoms with Gasteiger partial charge in [0.2, 0.25) is 5.91 Å². The molecule has 0 spiro atoms. The maximum Gasteiger partial charge on any atom is 0.222 e. The number of rotatable bonds is 7. The topological polar surface area (TPSA) is 79.5 Å². The minimum Gasteiger partial charge on any atom is -0.370 e. The zero-order valence-corrected chi connectivity index (χ0v) is 13.1. The lowest BCUT2D eigenvalue weighted by Crippen LogP contribution is -2.32. The normalized spacial score (nSPS) is 12.8. The number of aliphatic imine (C=N–C) groups is 1. The van der Waals surface area contributed by atoms with E-state index in [-0.39, 0.29) is 11.9 Å². The second kappa shape index (κ2) is 9.00. The molecule has 5 nitrogen and oxygen atoms in total. The number of nitrogens with one attached hydrogen (secondary N) is 2. The lowest BCUT2D eigenvalue weighted by atomic mass is 10.1. The Bertz CT molecular complexity index is 468. The van der Waals surface area contributed by atoms with Crippen molar-refractivity contribution in [1.82, 2.24) is 5.32 Å². The maximum atomic E-state index is 11.6. The summed E-state index contributed by atoms with van der Waals surface area (Å²) < 4.78 is 0. The fourth-order valence-electron chi connectivity index (χ4n) is 1.74. The first-order chi connectivity index (χ1) is 10.0. The molecule has 0 heterocycles. The second-order valence-corrected chi connectivity index (χ2v) is 5.07. The predicted molar refractivity (Wildman–Crippen MR) is 88.4 cm³/mol. The lowest BCUT2D eigenvalue weighted by Gasteiger charge is -2.10. The molecule has 116 valence electrons. The van der Waals surface area contributed by atoms with Gasteiger partial charge in [-0.3, -0.25) is 9.79 Å². The van der Waals surface area contributed by atoms with E-state index in [9.17, 15) is 4.79 Å². The molecule has 0 aromatic heterocycles. The number of nitrogens with two attached hydrogens (primary N) is 1. The van der Waals surface area contributed by atoms with Gasteiger partial charge in [-0.1, -0.05) is 26.0 Å². The van der Waals surface area contributed by atoms with Gasteiger partial charge in [0, 0.05) is 18.2 Å². The average molecular weight is 290 g/mol. The van der Waals surface area contributed by atoms with Crippen molar-refractivity contribution in [1.29, 1.82) is 0 Å². The number of nitrogens with zero attached hydrogens (tertiary/aromatic N) is 1. The van der Waals surface area contributed by atoms with Crippen molar-refractivity contribution in [3.8, 4) is 0 Å². The van der Waals surface area contributed by atoms with Crippen LogP contribution in [0.5, 0.6) is 0 Å². The van der Waals surface area contributed by atoms with Gasteiger partial charge in [-0.2, -0.15) is 0 Å². The molecular formula is C16H26N4O. The van der Waals surface area contributed by atoms with Crippen LogP contribution in [0.2, 0.25) is 0 Å². The molecule has 1 atom stereocenters. The highest BCUT2D eigenvalue weighted by Gasteiger charge is 2.04. The van der Waals surface area contributed by atoms with Gasteiger partial charge in [0.1, 0.15) is 0 Å². The summed E-state index contributed by atoms with van der Waals surface area (Å²) in [6.45, 7) is 6.52. The molecule has 0 fully saturated rings. The molecule has 1 aromatic carbocycles. The molecule has 4 N–H and O–H groups in total. The minimum atomic E-state index is 0.00759. The first-order valence-corrected chi connectivity index (χ1v) is 7.50. The van der Waals surface area contributed by atoms with Crippen LogP contribution in [0.1, 0.15) is 39.2 Å². The van der Waals surface area contributed by atoms with Crippen molar-refractivity contribution in [3.05, 3.63) is 29.8 Å². The van der Waals surface area contributed by atoms with Crippen molar-refractivity contribution in [2.75, 3.05) is 11.9 Å². The molecule has 1 amide bonds. The van der Waals surface area contributed by atoms with Crippen molar-refractivity contribution in [2.45, 2.75) is 46.1 Å². The number of carbonyl (C=O) groups is 1. The van der Waals surface area contributed by atoms with Crippen molar-refractivity contribution in [3.63, 3.8) is 0 Å². The Morgan fingerprint density at radius 2 is 1.95 bits per heavy atom. The van der Waals surface area contributed by atoms with Crippen LogP contribution in [0.15, 0.2) is 29.3 Å². The molecule has 0 saturated heterocycles. The summed E-state index contributed by atoms with van der Waals surface area (Å²) >= 11 is 0. The van der Waals surface area contributed by atoms with E-state index in [0.717, 1.165) is 18.5 Å². The van der Waals surface area contributed by atoms with Crippen LogP contribution in [0.4, 0.5) is 5.69 Å². The van der Waals surface area contributed by atoms with Gasteiger partial charge in [-0.25, -0.2) is 0 Å². The Hall–Kier alpha value is -2.04. The molecule has 5 heteroatoms. The quantitative estimate of drug-likeness (QED) is 0.532. The van der Waals surface area contributed by atoms with Crippen LogP contribution < -0.4 is 16.4 Å². The van der Waals surface area contributed by atoms with Crippen LogP contribution in [-0.4, -0.2) is 24.5 Å². The van der Waals surface area contributed by atoms with Crippen LogP contribution >= 0.6 is 0 Å². The van der Waals surface area contributed by atoms with Crippen LogP contribution in [0, 0.1) is 0 Å². The fourth-order valence-corrected chi connectivity index (χ4v) is 1.74. The zero-order valence-electron chi connectivity index (χ0n) is 13.1. The standard InChI is InChI=1S/C16H26N4O/c1-4-12(3)19-15(21)10-11-18-16(17)20-14-8-6-13(5-2)7-9-14/h6-9,12H,4-5,10-11H2,1-3H3,(H,19,21)(H3,17,18,20). The Balaban J connectivity index is 2.37. The van der Waals surface area contributed by atoms with Crippen molar-refractivity contribution < 1.29 is 4.79 Å². The van der Waals surface area contributed by atoms with Crippen LogP contribution in [-0.2, 0) is 11.2 Å². The predicted octanol–water partition coefficient (Wildman–Crippen LogP) is 2.28. The first kappa shape index (κ1) is 17.0. The molecule has 0 radical (unpaired) electrons. The summed E-state index contributed by atoms with van der Waals surface area (Å²) in [6, 6.07) is 8.24. The van der Waals surface area contributed by atoms with E-state index in [1.807, 2.05) is 26.0 Å². The Morgan fingerprint density at radius 1 is 1.29 bits per heavy atom. The lowest BCUT2D eigenvalue weighted by molar-refractivity contribution is -0.121. The fraction of sp³-hybridized carbons (Fsp3) is 0.500. The summed E-state index contributed by atoms with van der Waals surface area (Å²) in [5.41, 5.74) is 7.97. The summed E-state index contributed by atoms with van der Waals surface area (Å²) in [6.07, 6.45) is 2.28. The Labute approximate surface area is 127 Å². The van der Waals surface area contributed by atoms with E-state index in [1.165, 1.54) is 5.56 Å². The number of hydrogen-bond acceptors (Lipinski definition) is 2. The summed E-state index contributed by atoms with van der Waals surface area (Å²) in [5, 5.41) is 5.91. The number of benzene rings is 1. The van der Waals surface area contributed by atoms with Gasteiger partial charge in [-0.15, -0.1) is 0 Å². The first-order valence-electron chi connectivity index (χ1n) is 7.50. The smallest absolute Gasteiger partial charge is 0.222 e. The number of hydrogen-bond donors (Lipinski definition) is 3. The second-order valence-electron chi connectivity index (χ2n) is 5.07. The van der Waals surface area contributed by atoms with Crippen LogP contribution in [0.3, 0.4) is 0 Å². The molecule has 1 aromatic rings. The summed E-state index contributed by atoms with van der Waals surface area (Å²) in [5.74, 6) is 0.337. The Kier molecular flexibility index (Phi) is 7.29. The summed E-state index contributed by atoms with van der Waals surface area (Å²) in [7, 11) is 0. The monoisotopic (exact) mass is 290 g/mol. The zero-order chi connectivity index (χ0) is 15.7. The van der Waals surface area contributed by atoms with Gasteiger partial charge >= 0.3 is 0 Å². The molecule has 0 aliphatic carbocycles. The highest BCUT2D eigenvalue weighted by atomic mass is 16.1. The third kappa shape index (κ3) is 6.79. The van der Waals surface area contributed by atoms with Crippen molar-refractivity contribution in [2.24, 2.45) is 10.7 Å². The van der Waals surface area contributed by atoms with E-state index in [0.29, 0.717) is 18.9 Å². The van der Waals surface area contributed by atoms with E-state index < -0.39 is 0 Å². The molecule has 1 unspecified atom stereocenters. The van der Waals surface area contributed by atoms with Crippen LogP contribution in [0.25, 0.3) is 0 Å². The molecule has 0 aliphatic heterocycles. The molecular weight excluding hydrogens is 264 g/mol. The Morgan fingerprint density at radius 3 is 2.52 bits per heavy atom. The number of carbonyl (C=O) groups excluding carboxylic acids is 1. The number of amides is 1. The third-order valence-corrected chi connectivity index (χ3v) is 3.28. The van der Waals surface area contributed by atoms with Gasteiger partial charge < -0.3 is 16.4 Å². The largest absolute Gasteiger partial charge is 0.370 e. The van der Waals surface area contributed by atoms with Gasteiger partial charge in [0.25, 0.3) is 0 Å². The van der Waals surface area contributed by atoms with Gasteiger partial charge in [0.15, 0.2) is 5.96 Å². The SMILES string of the molecule is CCc1ccc(NC(N)=NCCC(=O)NC(C)CC)cc1. The summed E-state index contributed by atoms with van der Waals surface area (Å²) in [4.78, 5) is 15.7. The van der Waals surface area contributed by atoms with E-state index in [1.54, 1.807) is 0 Å².